The first-order chi connectivity index (χ1) is 13.5. The van der Waals surface area contributed by atoms with E-state index in [1.807, 2.05) is 0 Å². The van der Waals surface area contributed by atoms with Crippen LogP contribution in [-0.2, 0) is 0 Å². The molecule has 142 valence electrons. The van der Waals surface area contributed by atoms with Crippen molar-refractivity contribution < 1.29 is 14.6 Å². The van der Waals surface area contributed by atoms with Crippen molar-refractivity contribution in [3.8, 4) is 34.3 Å². The Morgan fingerprint density at radius 3 is 2.46 bits per heavy atom. The average Bonchev–Trinajstić information content (AvgIpc) is 3.01. The molecule has 0 spiro atoms. The van der Waals surface area contributed by atoms with Crippen molar-refractivity contribution in [3.05, 3.63) is 59.0 Å². The van der Waals surface area contributed by atoms with E-state index in [0.29, 0.717) is 28.1 Å². The number of nitrogen functional groups attached to an aromatic ring is 1. The Labute approximate surface area is 159 Å². The fourth-order valence-corrected chi connectivity index (χ4v) is 3.10. The molecule has 0 radical (unpaired) electrons. The zero-order chi connectivity index (χ0) is 19.8. The summed E-state index contributed by atoms with van der Waals surface area (Å²) in [7, 11) is 3.09. The smallest absolute Gasteiger partial charge is 0.259 e. The molecule has 0 atom stereocenters. The van der Waals surface area contributed by atoms with Crippen LogP contribution in [0.1, 0.15) is 0 Å². The maximum absolute atomic E-state index is 12.4. The van der Waals surface area contributed by atoms with Gasteiger partial charge in [-0.25, -0.2) is 4.98 Å². The molecule has 2 heterocycles. The van der Waals surface area contributed by atoms with Crippen LogP contribution in [0.25, 0.3) is 28.0 Å². The average molecular weight is 378 g/mol. The molecule has 0 bridgehead atoms. The molecule has 0 aliphatic heterocycles. The van der Waals surface area contributed by atoms with Crippen LogP contribution in [-0.4, -0.2) is 33.9 Å². The first-order valence-corrected chi connectivity index (χ1v) is 8.44. The maximum atomic E-state index is 12.4. The Morgan fingerprint density at radius 2 is 1.79 bits per heavy atom. The van der Waals surface area contributed by atoms with Gasteiger partial charge < -0.3 is 25.3 Å². The van der Waals surface area contributed by atoms with Gasteiger partial charge in [0.1, 0.15) is 34.5 Å². The molecule has 28 heavy (non-hydrogen) atoms. The quantitative estimate of drug-likeness (QED) is 0.503. The molecule has 4 rings (SSSR count). The molecule has 0 unspecified atom stereocenters. The number of nitrogens with two attached hydrogens (primary N) is 1. The van der Waals surface area contributed by atoms with Crippen LogP contribution in [0, 0.1) is 0 Å². The first-order valence-electron chi connectivity index (χ1n) is 8.44. The number of para-hydroxylation sites is 1. The van der Waals surface area contributed by atoms with Gasteiger partial charge in [-0.1, -0.05) is 12.1 Å². The van der Waals surface area contributed by atoms with Gasteiger partial charge in [0.15, 0.2) is 0 Å². The molecule has 0 aliphatic carbocycles. The second-order valence-electron chi connectivity index (χ2n) is 6.15. The Hall–Kier alpha value is -3.94. The van der Waals surface area contributed by atoms with Crippen LogP contribution >= 0.6 is 0 Å². The molecule has 0 saturated carbocycles. The molecular formula is C20H18N4O4. The highest BCUT2D eigenvalue weighted by Crippen LogP contribution is 2.37. The summed E-state index contributed by atoms with van der Waals surface area (Å²) in [4.78, 5) is 19.5. The van der Waals surface area contributed by atoms with Gasteiger partial charge in [-0.2, -0.15) is 0 Å². The standard InChI is InChI=1S/C20H18N4O4/c1-27-12-7-11(8-13(9-12)28-2)24-10-16(25)17(18(24)21)19-22-15-6-4-3-5-14(15)20(26)23-19/h3-10,25H,21H2,1-2H3,(H,22,23,26). The van der Waals surface area contributed by atoms with Crippen molar-refractivity contribution in [1.29, 1.82) is 0 Å². The molecule has 8 heteroatoms. The molecule has 2 aromatic heterocycles. The number of aromatic amines is 1. The molecule has 0 aliphatic rings. The highest BCUT2D eigenvalue weighted by atomic mass is 16.5. The van der Waals surface area contributed by atoms with Crippen LogP contribution in [0.15, 0.2) is 53.5 Å². The predicted octanol–water partition coefficient (Wildman–Crippen LogP) is 2.69. The second kappa shape index (κ2) is 6.66. The van der Waals surface area contributed by atoms with E-state index in [1.165, 1.54) is 6.20 Å². The normalized spacial score (nSPS) is 10.9. The number of nitrogens with one attached hydrogen (secondary N) is 1. The highest BCUT2D eigenvalue weighted by Gasteiger charge is 2.19. The van der Waals surface area contributed by atoms with E-state index in [2.05, 4.69) is 9.97 Å². The van der Waals surface area contributed by atoms with E-state index in [9.17, 15) is 9.90 Å². The molecule has 4 N–H and O–H groups in total. The molecule has 0 fully saturated rings. The number of methoxy groups -OCH3 is 2. The van der Waals surface area contributed by atoms with E-state index in [4.69, 9.17) is 15.2 Å². The van der Waals surface area contributed by atoms with E-state index in [-0.39, 0.29) is 28.5 Å². The van der Waals surface area contributed by atoms with Gasteiger partial charge >= 0.3 is 0 Å². The Bertz CT molecular complexity index is 1220. The minimum Gasteiger partial charge on any atom is -0.505 e. The number of aromatic nitrogens is 3. The zero-order valence-corrected chi connectivity index (χ0v) is 15.3. The Morgan fingerprint density at radius 1 is 1.11 bits per heavy atom. The number of H-pyrrole nitrogens is 1. The molecule has 2 aromatic carbocycles. The zero-order valence-electron chi connectivity index (χ0n) is 15.3. The number of fused-ring (bicyclic) bond motifs is 1. The predicted molar refractivity (Wildman–Crippen MR) is 106 cm³/mol. The molecular weight excluding hydrogens is 360 g/mol. The number of nitrogens with zero attached hydrogens (tertiary/aromatic N) is 2. The SMILES string of the molecule is COc1cc(OC)cc(-n2cc(O)c(-c3nc4ccccc4c(=O)[nH]3)c2N)c1. The third kappa shape index (κ3) is 2.81. The number of hydrogen-bond acceptors (Lipinski definition) is 6. The van der Waals surface area contributed by atoms with E-state index in [0.717, 1.165) is 0 Å². The number of hydrogen-bond donors (Lipinski definition) is 3. The summed E-state index contributed by atoms with van der Waals surface area (Å²) in [6.07, 6.45) is 1.45. The summed E-state index contributed by atoms with van der Waals surface area (Å²) in [5.74, 6) is 1.43. The largest absolute Gasteiger partial charge is 0.505 e. The number of ether oxygens (including phenoxy) is 2. The van der Waals surface area contributed by atoms with Crippen molar-refractivity contribution in [1.82, 2.24) is 14.5 Å². The number of rotatable bonds is 4. The third-order valence-electron chi connectivity index (χ3n) is 4.49. The molecule has 0 saturated heterocycles. The van der Waals surface area contributed by atoms with Gasteiger partial charge in [0, 0.05) is 18.2 Å². The van der Waals surface area contributed by atoms with E-state index in [1.54, 1.807) is 61.3 Å². The lowest BCUT2D eigenvalue weighted by Crippen LogP contribution is -2.10. The van der Waals surface area contributed by atoms with E-state index >= 15 is 0 Å². The maximum Gasteiger partial charge on any atom is 0.259 e. The summed E-state index contributed by atoms with van der Waals surface area (Å²) >= 11 is 0. The van der Waals surface area contributed by atoms with Gasteiger partial charge in [-0.3, -0.25) is 9.36 Å². The Kier molecular flexibility index (Phi) is 4.15. The van der Waals surface area contributed by atoms with Crippen molar-refractivity contribution in [3.63, 3.8) is 0 Å². The van der Waals surface area contributed by atoms with E-state index < -0.39 is 0 Å². The molecule has 8 nitrogen and oxygen atoms in total. The van der Waals surface area contributed by atoms with Crippen LogP contribution in [0.4, 0.5) is 5.82 Å². The lowest BCUT2D eigenvalue weighted by Gasteiger charge is -2.11. The number of aromatic hydroxyl groups is 1. The summed E-state index contributed by atoms with van der Waals surface area (Å²) in [5, 5.41) is 11.0. The van der Waals surface area contributed by atoms with Crippen LogP contribution in [0.2, 0.25) is 0 Å². The first kappa shape index (κ1) is 17.5. The van der Waals surface area contributed by atoms with Gasteiger partial charge in [-0.05, 0) is 12.1 Å². The molecule has 4 aromatic rings. The fourth-order valence-electron chi connectivity index (χ4n) is 3.10. The van der Waals surface area contributed by atoms with Crippen LogP contribution in [0.5, 0.6) is 17.2 Å². The fraction of sp³-hybridized carbons (Fsp3) is 0.100. The van der Waals surface area contributed by atoms with Crippen LogP contribution < -0.4 is 20.8 Å². The summed E-state index contributed by atoms with van der Waals surface area (Å²) in [6.45, 7) is 0. The summed E-state index contributed by atoms with van der Waals surface area (Å²) in [5.41, 5.74) is 7.37. The number of benzene rings is 2. The van der Waals surface area contributed by atoms with Crippen molar-refractivity contribution in [2.45, 2.75) is 0 Å². The van der Waals surface area contributed by atoms with Gasteiger partial charge in [0.2, 0.25) is 0 Å². The third-order valence-corrected chi connectivity index (χ3v) is 4.49. The molecule has 0 amide bonds. The van der Waals surface area contributed by atoms with Crippen molar-refractivity contribution in [2.24, 2.45) is 0 Å². The topological polar surface area (TPSA) is 115 Å². The monoisotopic (exact) mass is 378 g/mol. The lowest BCUT2D eigenvalue weighted by atomic mass is 10.2. The van der Waals surface area contributed by atoms with Crippen LogP contribution in [0.3, 0.4) is 0 Å². The van der Waals surface area contributed by atoms with Gasteiger partial charge in [-0.15, -0.1) is 0 Å². The summed E-state index contributed by atoms with van der Waals surface area (Å²) in [6, 6.07) is 12.2. The van der Waals surface area contributed by atoms with Gasteiger partial charge in [0.05, 0.1) is 37.0 Å². The number of anilines is 1. The van der Waals surface area contributed by atoms with Crippen molar-refractivity contribution >= 4 is 16.7 Å². The lowest BCUT2D eigenvalue weighted by molar-refractivity contribution is 0.394. The Balaban J connectivity index is 1.91. The second-order valence-corrected chi connectivity index (χ2v) is 6.15. The minimum atomic E-state index is -0.310. The summed E-state index contributed by atoms with van der Waals surface area (Å²) < 4.78 is 12.1. The van der Waals surface area contributed by atoms with Crippen molar-refractivity contribution in [2.75, 3.05) is 20.0 Å². The van der Waals surface area contributed by atoms with Gasteiger partial charge in [0.25, 0.3) is 5.56 Å². The highest BCUT2D eigenvalue weighted by molar-refractivity contribution is 5.83. The minimum absolute atomic E-state index is 0.113.